The van der Waals surface area contributed by atoms with Crippen LogP contribution >= 0.6 is 0 Å². The molecule has 3 atom stereocenters. The number of nitrogens with zero attached hydrogens (tertiary/aromatic N) is 2. The molecule has 2 fully saturated rings. The van der Waals surface area contributed by atoms with E-state index < -0.39 is 16.1 Å². The van der Waals surface area contributed by atoms with Crippen LogP contribution in [0.5, 0.6) is 5.75 Å². The van der Waals surface area contributed by atoms with Gasteiger partial charge in [-0.3, -0.25) is 4.79 Å². The lowest BCUT2D eigenvalue weighted by Crippen LogP contribution is -2.38. The van der Waals surface area contributed by atoms with Crippen molar-refractivity contribution in [1.82, 2.24) is 9.21 Å². The average molecular weight is 340 g/mol. The second-order valence-corrected chi connectivity index (χ2v) is 7.78. The largest absolute Gasteiger partial charge is 0.497 e. The maximum Gasteiger partial charge on any atom is 0.252 e. The Morgan fingerprint density at radius 1 is 1.22 bits per heavy atom. The van der Waals surface area contributed by atoms with E-state index in [2.05, 4.69) is 0 Å². The number of hydrogen-bond donors (Lipinski definition) is 0. The van der Waals surface area contributed by atoms with Gasteiger partial charge in [-0.2, -0.15) is 4.31 Å². The quantitative estimate of drug-likeness (QED) is 0.781. The Labute approximate surface area is 135 Å². The predicted octanol–water partition coefficient (Wildman–Crippen LogP) is 0.171. The van der Waals surface area contributed by atoms with Gasteiger partial charge in [0, 0.05) is 39.2 Å². The summed E-state index contributed by atoms with van der Waals surface area (Å²) in [5.41, 5.74) is 0. The number of rotatable bonds is 4. The topological polar surface area (TPSA) is 76.1 Å². The Balaban J connectivity index is 1.88. The minimum Gasteiger partial charge on any atom is -0.497 e. The van der Waals surface area contributed by atoms with Gasteiger partial charge >= 0.3 is 0 Å². The molecule has 0 N–H and O–H groups in total. The molecule has 126 valence electrons. The van der Waals surface area contributed by atoms with Crippen molar-refractivity contribution in [3.05, 3.63) is 24.3 Å². The number of benzene rings is 1. The Morgan fingerprint density at radius 2 is 1.96 bits per heavy atom. The molecule has 0 aromatic heterocycles. The third-order valence-corrected chi connectivity index (χ3v) is 6.54. The summed E-state index contributed by atoms with van der Waals surface area (Å²) in [6.07, 6.45) is -0.574. The van der Waals surface area contributed by atoms with Crippen LogP contribution in [0, 0.1) is 5.92 Å². The molecule has 0 aliphatic carbocycles. The zero-order valence-corrected chi connectivity index (χ0v) is 14.1. The van der Waals surface area contributed by atoms with Gasteiger partial charge < -0.3 is 14.4 Å². The van der Waals surface area contributed by atoms with Gasteiger partial charge in [-0.05, 0) is 12.1 Å². The van der Waals surface area contributed by atoms with E-state index in [1.165, 1.54) is 24.6 Å². The van der Waals surface area contributed by atoms with E-state index in [4.69, 9.17) is 9.47 Å². The van der Waals surface area contributed by atoms with Crippen molar-refractivity contribution in [3.63, 3.8) is 0 Å². The average Bonchev–Trinajstić information content (AvgIpc) is 3.08. The van der Waals surface area contributed by atoms with E-state index in [9.17, 15) is 13.2 Å². The highest BCUT2D eigenvalue weighted by atomic mass is 32.2. The van der Waals surface area contributed by atoms with Gasteiger partial charge in [0.1, 0.15) is 11.9 Å². The summed E-state index contributed by atoms with van der Waals surface area (Å²) >= 11 is 0. The third kappa shape index (κ3) is 2.50. The fourth-order valence-corrected chi connectivity index (χ4v) is 4.94. The maximum absolute atomic E-state index is 12.8. The van der Waals surface area contributed by atoms with Gasteiger partial charge in [0.15, 0.2) is 0 Å². The van der Waals surface area contributed by atoms with E-state index in [0.29, 0.717) is 5.75 Å². The van der Waals surface area contributed by atoms with Crippen LogP contribution in [0.4, 0.5) is 0 Å². The summed E-state index contributed by atoms with van der Waals surface area (Å²) in [4.78, 5) is 13.9. The van der Waals surface area contributed by atoms with Crippen LogP contribution in [0.15, 0.2) is 29.2 Å². The smallest absolute Gasteiger partial charge is 0.252 e. The SMILES string of the molecule is COc1cccc(S(=O)(=O)N2C[C@@H]3[C@H](OC)C(=O)N(C)[C@@H]3C2)c1. The van der Waals surface area contributed by atoms with Crippen molar-refractivity contribution in [2.75, 3.05) is 34.4 Å². The van der Waals surface area contributed by atoms with E-state index >= 15 is 0 Å². The summed E-state index contributed by atoms with van der Waals surface area (Å²) in [6, 6.07) is 6.26. The van der Waals surface area contributed by atoms with Crippen molar-refractivity contribution < 1.29 is 22.7 Å². The van der Waals surface area contributed by atoms with Gasteiger partial charge in [-0.15, -0.1) is 0 Å². The van der Waals surface area contributed by atoms with Gasteiger partial charge in [-0.1, -0.05) is 6.07 Å². The second kappa shape index (κ2) is 5.77. The molecule has 0 unspecified atom stereocenters. The van der Waals surface area contributed by atoms with Crippen LogP contribution in [0.2, 0.25) is 0 Å². The van der Waals surface area contributed by atoms with Gasteiger partial charge in [0.05, 0.1) is 18.0 Å². The number of amides is 1. The number of ether oxygens (including phenoxy) is 2. The fraction of sp³-hybridized carbons (Fsp3) is 0.533. The zero-order chi connectivity index (χ0) is 16.8. The van der Waals surface area contributed by atoms with Crippen LogP contribution in [0.3, 0.4) is 0 Å². The first-order chi connectivity index (χ1) is 10.9. The molecule has 1 amide bonds. The van der Waals surface area contributed by atoms with Crippen LogP contribution in [0.25, 0.3) is 0 Å². The summed E-state index contributed by atoms with van der Waals surface area (Å²) in [7, 11) is 1.05. The highest BCUT2D eigenvalue weighted by molar-refractivity contribution is 7.89. The fourth-order valence-electron chi connectivity index (χ4n) is 3.41. The monoisotopic (exact) mass is 340 g/mol. The molecule has 0 radical (unpaired) electrons. The molecule has 1 aromatic carbocycles. The molecule has 0 bridgehead atoms. The molecule has 1 aromatic rings. The van der Waals surface area contributed by atoms with E-state index in [-0.39, 0.29) is 35.9 Å². The van der Waals surface area contributed by atoms with Crippen LogP contribution in [-0.2, 0) is 19.6 Å². The molecular weight excluding hydrogens is 320 g/mol. The first-order valence-corrected chi connectivity index (χ1v) is 8.78. The maximum atomic E-state index is 12.8. The van der Waals surface area contributed by atoms with Crippen LogP contribution in [0.1, 0.15) is 0 Å². The summed E-state index contributed by atoms with van der Waals surface area (Å²) in [5.74, 6) is 0.270. The Kier molecular flexibility index (Phi) is 4.07. The molecule has 2 aliphatic rings. The number of likely N-dealkylation sites (tertiary alicyclic amines) is 1. The highest BCUT2D eigenvalue weighted by Gasteiger charge is 2.53. The first kappa shape index (κ1) is 16.2. The number of sulfonamides is 1. The van der Waals surface area contributed by atoms with Crippen LogP contribution in [-0.4, -0.2) is 70.0 Å². The van der Waals surface area contributed by atoms with Crippen molar-refractivity contribution >= 4 is 15.9 Å². The standard InChI is InChI=1S/C15H20N2O5S/c1-16-13-9-17(8-12(13)14(22-3)15(16)18)23(19,20)11-6-4-5-10(7-11)21-2/h4-7,12-14H,8-9H2,1-3H3/t12-,13+,14-/m0/s1. The third-order valence-electron chi connectivity index (χ3n) is 4.71. The number of methoxy groups -OCH3 is 2. The Bertz CT molecular complexity index is 720. The highest BCUT2D eigenvalue weighted by Crippen LogP contribution is 2.36. The van der Waals surface area contributed by atoms with E-state index in [1.807, 2.05) is 0 Å². The van der Waals surface area contributed by atoms with Crippen molar-refractivity contribution in [3.8, 4) is 5.75 Å². The molecule has 2 saturated heterocycles. The van der Waals surface area contributed by atoms with Gasteiger partial charge in [0.2, 0.25) is 10.0 Å². The number of likely N-dealkylation sites (N-methyl/N-ethyl adjacent to an activating group) is 1. The normalized spacial score (nSPS) is 28.2. The lowest BCUT2D eigenvalue weighted by Gasteiger charge is -2.21. The predicted molar refractivity (Wildman–Crippen MR) is 82.6 cm³/mol. The summed E-state index contributed by atoms with van der Waals surface area (Å²) in [6.45, 7) is 0.561. The van der Waals surface area contributed by atoms with E-state index in [0.717, 1.165) is 0 Å². The number of carbonyl (C=O) groups is 1. The number of hydrogen-bond acceptors (Lipinski definition) is 5. The van der Waals surface area contributed by atoms with Crippen molar-refractivity contribution in [2.45, 2.75) is 17.0 Å². The molecule has 0 spiro atoms. The summed E-state index contributed by atoms with van der Waals surface area (Å²) < 4.78 is 37.5. The van der Waals surface area contributed by atoms with Crippen molar-refractivity contribution in [1.29, 1.82) is 0 Å². The number of carbonyl (C=O) groups excluding carboxylic acids is 1. The van der Waals surface area contributed by atoms with E-state index in [1.54, 1.807) is 30.1 Å². The molecule has 2 aliphatic heterocycles. The molecule has 8 heteroatoms. The minimum atomic E-state index is -3.63. The zero-order valence-electron chi connectivity index (χ0n) is 13.3. The molecule has 0 saturated carbocycles. The molecule has 3 rings (SSSR count). The van der Waals surface area contributed by atoms with Crippen LogP contribution < -0.4 is 4.74 Å². The lowest BCUT2D eigenvalue weighted by molar-refractivity contribution is -0.136. The van der Waals surface area contributed by atoms with Gasteiger partial charge in [-0.25, -0.2) is 8.42 Å². The number of fused-ring (bicyclic) bond motifs is 1. The Morgan fingerprint density at radius 3 is 2.61 bits per heavy atom. The minimum absolute atomic E-state index is 0.0825. The molecule has 23 heavy (non-hydrogen) atoms. The first-order valence-electron chi connectivity index (χ1n) is 7.34. The Hall–Kier alpha value is -1.64. The summed E-state index contributed by atoms with van der Waals surface area (Å²) in [5, 5.41) is 0. The molecular formula is C15H20N2O5S. The molecule has 2 heterocycles. The lowest BCUT2D eigenvalue weighted by atomic mass is 10.0. The second-order valence-electron chi connectivity index (χ2n) is 5.84. The molecule has 7 nitrogen and oxygen atoms in total. The van der Waals surface area contributed by atoms with Crippen molar-refractivity contribution in [2.24, 2.45) is 5.92 Å². The van der Waals surface area contributed by atoms with Gasteiger partial charge in [0.25, 0.3) is 5.91 Å².